The molecule has 3 rings (SSSR count). The minimum atomic E-state index is -0.502. The molecule has 20 heavy (non-hydrogen) atoms. The first-order valence-corrected chi connectivity index (χ1v) is 8.46. The van der Waals surface area contributed by atoms with Crippen molar-refractivity contribution in [1.82, 2.24) is 0 Å². The van der Waals surface area contributed by atoms with Crippen LogP contribution in [0.3, 0.4) is 0 Å². The van der Waals surface area contributed by atoms with Crippen LogP contribution in [-0.2, 0) is 5.41 Å². The molecule has 106 valence electrons. The van der Waals surface area contributed by atoms with E-state index in [4.69, 9.17) is 11.6 Å². The molecule has 0 aliphatic heterocycles. The van der Waals surface area contributed by atoms with E-state index in [0.717, 1.165) is 17.7 Å². The number of hydrogen-bond donors (Lipinski definition) is 1. The predicted octanol–water partition coefficient (Wildman–Crippen LogP) is 5.34. The lowest BCUT2D eigenvalue weighted by Crippen LogP contribution is -2.35. The highest BCUT2D eigenvalue weighted by molar-refractivity contribution is 7.10. The van der Waals surface area contributed by atoms with E-state index in [-0.39, 0.29) is 5.41 Å². The van der Waals surface area contributed by atoms with Gasteiger partial charge in [-0.1, -0.05) is 61.2 Å². The summed E-state index contributed by atoms with van der Waals surface area (Å²) in [6, 6.07) is 12.3. The van der Waals surface area contributed by atoms with Crippen molar-refractivity contribution in [2.24, 2.45) is 0 Å². The molecular formula is C17H19ClOS. The first-order chi connectivity index (χ1) is 9.74. The topological polar surface area (TPSA) is 20.2 Å². The van der Waals surface area contributed by atoms with Gasteiger partial charge in [-0.15, -0.1) is 11.3 Å². The van der Waals surface area contributed by atoms with Crippen molar-refractivity contribution in [3.63, 3.8) is 0 Å². The third-order valence-corrected chi connectivity index (χ3v) is 5.92. The molecule has 0 amide bonds. The number of aliphatic hydroxyl groups excluding tert-OH is 1. The Morgan fingerprint density at radius 1 is 1.05 bits per heavy atom. The third kappa shape index (κ3) is 2.41. The van der Waals surface area contributed by atoms with Gasteiger partial charge in [0.15, 0.2) is 0 Å². The maximum atomic E-state index is 11.0. The predicted molar refractivity (Wildman–Crippen MR) is 85.5 cm³/mol. The molecule has 1 aliphatic rings. The second-order valence-electron chi connectivity index (χ2n) is 5.62. The van der Waals surface area contributed by atoms with Crippen molar-refractivity contribution in [2.45, 2.75) is 43.6 Å². The van der Waals surface area contributed by atoms with Crippen molar-refractivity contribution < 1.29 is 5.11 Å². The van der Waals surface area contributed by atoms with Crippen LogP contribution in [0.5, 0.6) is 0 Å². The molecule has 1 nitrogen and oxygen atoms in total. The van der Waals surface area contributed by atoms with Crippen molar-refractivity contribution in [3.8, 4) is 0 Å². The SMILES string of the molecule is OC(c1sccc1Cl)C1(c2ccccc2)CCCCC1. The molecule has 1 atom stereocenters. The van der Waals surface area contributed by atoms with E-state index in [1.54, 1.807) is 11.3 Å². The van der Waals surface area contributed by atoms with Crippen molar-refractivity contribution >= 4 is 22.9 Å². The van der Waals surface area contributed by atoms with Crippen molar-refractivity contribution in [3.05, 3.63) is 57.2 Å². The average molecular weight is 307 g/mol. The fourth-order valence-electron chi connectivity index (χ4n) is 3.42. The van der Waals surface area contributed by atoms with Crippen LogP contribution < -0.4 is 0 Å². The van der Waals surface area contributed by atoms with E-state index in [0.29, 0.717) is 5.02 Å². The Morgan fingerprint density at radius 2 is 1.75 bits per heavy atom. The Morgan fingerprint density at radius 3 is 2.35 bits per heavy atom. The second kappa shape index (κ2) is 5.88. The largest absolute Gasteiger partial charge is 0.387 e. The van der Waals surface area contributed by atoms with Gasteiger partial charge in [-0.2, -0.15) is 0 Å². The Bertz CT molecular complexity index is 557. The highest BCUT2D eigenvalue weighted by Gasteiger charge is 2.42. The summed E-state index contributed by atoms with van der Waals surface area (Å²) in [5.41, 5.74) is 1.07. The van der Waals surface area contributed by atoms with Gasteiger partial charge in [0, 0.05) is 5.41 Å². The minimum Gasteiger partial charge on any atom is -0.387 e. The minimum absolute atomic E-state index is 0.173. The second-order valence-corrected chi connectivity index (χ2v) is 6.97. The first-order valence-electron chi connectivity index (χ1n) is 7.20. The lowest BCUT2D eigenvalue weighted by Gasteiger charge is -2.41. The number of thiophene rings is 1. The summed E-state index contributed by atoms with van der Waals surface area (Å²) >= 11 is 7.82. The van der Waals surface area contributed by atoms with Crippen LogP contribution in [-0.4, -0.2) is 5.11 Å². The first kappa shape index (κ1) is 14.1. The standard InChI is InChI=1S/C17H19ClOS/c18-14-9-12-20-15(14)16(19)17(10-5-2-6-11-17)13-7-3-1-4-8-13/h1,3-4,7-9,12,16,19H,2,5-6,10-11H2. The number of hydrogen-bond acceptors (Lipinski definition) is 2. The van der Waals surface area contributed by atoms with Gasteiger partial charge in [-0.05, 0) is 29.9 Å². The quantitative estimate of drug-likeness (QED) is 0.812. The Balaban J connectivity index is 2.04. The summed E-state index contributed by atoms with van der Waals surface area (Å²) in [4.78, 5) is 0.914. The fourth-order valence-corrected chi connectivity index (χ4v) is 4.68. The monoisotopic (exact) mass is 306 g/mol. The Kier molecular flexibility index (Phi) is 4.16. The Hall–Kier alpha value is -0.830. The normalized spacial score (nSPS) is 19.7. The lowest BCUT2D eigenvalue weighted by atomic mass is 9.65. The highest BCUT2D eigenvalue weighted by Crippen LogP contribution is 2.50. The zero-order chi connectivity index (χ0) is 14.0. The number of halogens is 1. The van der Waals surface area contributed by atoms with Gasteiger partial charge in [0.2, 0.25) is 0 Å². The van der Waals surface area contributed by atoms with Crippen LogP contribution in [0, 0.1) is 0 Å². The van der Waals surface area contributed by atoms with E-state index >= 15 is 0 Å². The molecule has 1 saturated carbocycles. The van der Waals surface area contributed by atoms with Gasteiger partial charge in [0.1, 0.15) is 0 Å². The van der Waals surface area contributed by atoms with E-state index < -0.39 is 6.10 Å². The van der Waals surface area contributed by atoms with Crippen LogP contribution in [0.15, 0.2) is 41.8 Å². The van der Waals surface area contributed by atoms with Gasteiger partial charge in [-0.3, -0.25) is 0 Å². The van der Waals surface area contributed by atoms with Gasteiger partial charge in [0.25, 0.3) is 0 Å². The van der Waals surface area contributed by atoms with E-state index in [1.165, 1.54) is 24.8 Å². The van der Waals surface area contributed by atoms with E-state index in [2.05, 4.69) is 24.3 Å². The molecule has 0 radical (unpaired) electrons. The van der Waals surface area contributed by atoms with Crippen LogP contribution in [0.1, 0.15) is 48.6 Å². The van der Waals surface area contributed by atoms with E-state index in [9.17, 15) is 5.11 Å². The zero-order valence-corrected chi connectivity index (χ0v) is 13.0. The average Bonchev–Trinajstić information content (AvgIpc) is 2.94. The molecule has 1 N–H and O–H groups in total. The van der Waals surface area contributed by atoms with E-state index in [1.807, 2.05) is 17.5 Å². The summed E-state index contributed by atoms with van der Waals surface area (Å²) in [5.74, 6) is 0. The molecule has 0 spiro atoms. The van der Waals surface area contributed by atoms with Gasteiger partial charge < -0.3 is 5.11 Å². The maximum Gasteiger partial charge on any atom is 0.0993 e. The summed E-state index contributed by atoms with van der Waals surface area (Å²) in [6.45, 7) is 0. The molecule has 1 heterocycles. The molecule has 1 aromatic carbocycles. The summed E-state index contributed by atoms with van der Waals surface area (Å²) < 4.78 is 0. The molecule has 3 heteroatoms. The highest BCUT2D eigenvalue weighted by atomic mass is 35.5. The van der Waals surface area contributed by atoms with Crippen molar-refractivity contribution in [1.29, 1.82) is 0 Å². The summed E-state index contributed by atoms with van der Waals surface area (Å²) in [6.07, 6.45) is 5.18. The number of aliphatic hydroxyl groups is 1. The maximum absolute atomic E-state index is 11.0. The number of rotatable bonds is 3. The van der Waals surface area contributed by atoms with Crippen LogP contribution >= 0.6 is 22.9 Å². The lowest BCUT2D eigenvalue weighted by molar-refractivity contribution is 0.0557. The van der Waals surface area contributed by atoms with Gasteiger partial charge in [-0.25, -0.2) is 0 Å². The third-order valence-electron chi connectivity index (χ3n) is 4.51. The molecule has 0 saturated heterocycles. The molecular weight excluding hydrogens is 288 g/mol. The molecule has 1 aromatic heterocycles. The smallest absolute Gasteiger partial charge is 0.0993 e. The van der Waals surface area contributed by atoms with Crippen molar-refractivity contribution in [2.75, 3.05) is 0 Å². The summed E-state index contributed by atoms with van der Waals surface area (Å²) in [7, 11) is 0. The zero-order valence-electron chi connectivity index (χ0n) is 11.4. The fraction of sp³-hybridized carbons (Fsp3) is 0.412. The van der Waals surface area contributed by atoms with Crippen LogP contribution in [0.25, 0.3) is 0 Å². The van der Waals surface area contributed by atoms with Gasteiger partial charge in [0.05, 0.1) is 16.0 Å². The van der Waals surface area contributed by atoms with Crippen LogP contribution in [0.2, 0.25) is 5.02 Å². The molecule has 1 aliphatic carbocycles. The Labute approximate surface area is 129 Å². The molecule has 0 bridgehead atoms. The molecule has 2 aromatic rings. The summed E-state index contributed by atoms with van der Waals surface area (Å²) in [5, 5.41) is 13.7. The molecule has 1 fully saturated rings. The molecule has 1 unspecified atom stereocenters. The van der Waals surface area contributed by atoms with Crippen LogP contribution in [0.4, 0.5) is 0 Å². The van der Waals surface area contributed by atoms with Gasteiger partial charge >= 0.3 is 0 Å². The number of benzene rings is 1.